The molecule has 13 heteroatoms. The Bertz CT molecular complexity index is 913. The number of rotatable bonds is 10. The number of hydrogen-bond donors (Lipinski definition) is 3. The van der Waals surface area contributed by atoms with Crippen LogP contribution in [0.2, 0.25) is 5.02 Å². The second-order valence-corrected chi connectivity index (χ2v) is 10.3. The minimum Gasteiger partial charge on any atom is -0.394 e. The van der Waals surface area contributed by atoms with Crippen molar-refractivity contribution in [3.8, 4) is 0 Å². The average Bonchev–Trinajstić information content (AvgIpc) is 2.59. The summed E-state index contributed by atoms with van der Waals surface area (Å²) in [7, 11) is -3.58. The Labute approximate surface area is 179 Å². The minimum atomic E-state index is -3.58. The second kappa shape index (κ2) is 10.3. The van der Waals surface area contributed by atoms with Crippen molar-refractivity contribution in [2.75, 3.05) is 22.9 Å². The summed E-state index contributed by atoms with van der Waals surface area (Å²) in [6.07, 6.45) is 4.69. The number of hydrogen-bond acceptors (Lipinski definition) is 10. The first-order chi connectivity index (χ1) is 13.6. The van der Waals surface area contributed by atoms with Gasteiger partial charge in [0.2, 0.25) is 21.9 Å². The Kier molecular flexibility index (Phi) is 8.37. The van der Waals surface area contributed by atoms with E-state index in [-0.39, 0.29) is 35.0 Å². The number of halogens is 1. The van der Waals surface area contributed by atoms with Crippen molar-refractivity contribution in [1.82, 2.24) is 24.9 Å². The summed E-state index contributed by atoms with van der Waals surface area (Å²) in [5.74, 6) is 0.918. The zero-order valence-electron chi connectivity index (χ0n) is 16.5. The number of nitrogens with one attached hydrogen (secondary N) is 2. The second-order valence-electron chi connectivity index (χ2n) is 6.81. The third-order valence-electron chi connectivity index (χ3n) is 3.49. The zero-order chi connectivity index (χ0) is 21.6. The average molecular weight is 462 g/mol. The molecule has 10 nitrogen and oxygen atoms in total. The van der Waals surface area contributed by atoms with Crippen LogP contribution in [-0.4, -0.2) is 57.3 Å². The van der Waals surface area contributed by atoms with Crippen LogP contribution in [0.25, 0.3) is 0 Å². The molecule has 2 atom stereocenters. The Morgan fingerprint density at radius 1 is 1.14 bits per heavy atom. The molecule has 2 aromatic heterocycles. The van der Waals surface area contributed by atoms with Crippen LogP contribution in [0.3, 0.4) is 0 Å². The van der Waals surface area contributed by atoms with Gasteiger partial charge < -0.3 is 10.4 Å². The van der Waals surface area contributed by atoms with Crippen molar-refractivity contribution in [2.45, 2.75) is 43.6 Å². The van der Waals surface area contributed by atoms with E-state index in [9.17, 15) is 13.5 Å². The number of sulfonamides is 1. The molecular weight excluding hydrogens is 438 g/mol. The molecule has 0 saturated carbocycles. The smallest absolute Gasteiger partial charge is 0.242 e. The quantitative estimate of drug-likeness (QED) is 0.451. The van der Waals surface area contributed by atoms with Crippen molar-refractivity contribution < 1.29 is 13.5 Å². The first kappa shape index (κ1) is 23.5. The van der Waals surface area contributed by atoms with E-state index in [0.717, 1.165) is 6.26 Å². The van der Waals surface area contributed by atoms with E-state index in [2.05, 4.69) is 35.0 Å². The highest BCUT2D eigenvalue weighted by molar-refractivity contribution is 7.99. The molecule has 0 bridgehead atoms. The molecule has 0 saturated heterocycles. The van der Waals surface area contributed by atoms with Crippen molar-refractivity contribution in [3.63, 3.8) is 0 Å². The molecule has 2 rings (SSSR count). The van der Waals surface area contributed by atoms with E-state index < -0.39 is 10.0 Å². The van der Waals surface area contributed by atoms with Gasteiger partial charge in [-0.15, -0.1) is 0 Å². The predicted molar refractivity (Wildman–Crippen MR) is 114 cm³/mol. The van der Waals surface area contributed by atoms with Gasteiger partial charge in [-0.25, -0.2) is 18.4 Å². The molecule has 3 N–H and O–H groups in total. The Morgan fingerprint density at radius 2 is 1.76 bits per heavy atom. The van der Waals surface area contributed by atoms with Gasteiger partial charge in [0.05, 0.1) is 29.2 Å². The summed E-state index contributed by atoms with van der Waals surface area (Å²) in [4.78, 5) is 21.0. The molecule has 0 spiro atoms. The standard InChI is InChI=1S/C16H24ClN7O3S2/c1-9(2)5-12(8-25)20-14-21-15(24-29(4,26)27)23-16(22-14)28-10(3)13-18-6-11(17)7-19-13/h6-7,9-10,12,25H,5,8H2,1-4H3,(H2,20,21,22,23,24)/t10-,12+/m0/s1. The predicted octanol–water partition coefficient (Wildman–Crippen LogP) is 2.36. The molecule has 160 valence electrons. The van der Waals surface area contributed by atoms with E-state index in [1.165, 1.54) is 24.2 Å². The van der Waals surface area contributed by atoms with E-state index in [4.69, 9.17) is 11.6 Å². The number of nitrogens with zero attached hydrogens (tertiary/aromatic N) is 5. The highest BCUT2D eigenvalue weighted by Gasteiger charge is 2.18. The van der Waals surface area contributed by atoms with Gasteiger partial charge in [-0.2, -0.15) is 15.0 Å². The fourth-order valence-electron chi connectivity index (χ4n) is 2.36. The summed E-state index contributed by atoms with van der Waals surface area (Å²) in [6, 6.07) is -0.279. The van der Waals surface area contributed by atoms with Gasteiger partial charge in [0.25, 0.3) is 0 Å². The van der Waals surface area contributed by atoms with Crippen LogP contribution in [0.1, 0.15) is 38.3 Å². The lowest BCUT2D eigenvalue weighted by molar-refractivity contribution is 0.259. The normalized spacial score (nSPS) is 13.9. The summed E-state index contributed by atoms with van der Waals surface area (Å²) >= 11 is 7.06. The number of aliphatic hydroxyl groups is 1. The molecule has 2 heterocycles. The van der Waals surface area contributed by atoms with E-state index in [0.29, 0.717) is 23.2 Å². The number of aliphatic hydroxyl groups excluding tert-OH is 1. The monoisotopic (exact) mass is 461 g/mol. The molecule has 29 heavy (non-hydrogen) atoms. The number of aromatic nitrogens is 5. The maximum atomic E-state index is 11.6. The highest BCUT2D eigenvalue weighted by atomic mass is 35.5. The fourth-order valence-corrected chi connectivity index (χ4v) is 3.70. The summed E-state index contributed by atoms with van der Waals surface area (Å²) in [5, 5.41) is 13.1. The van der Waals surface area contributed by atoms with Gasteiger partial charge in [0.15, 0.2) is 5.16 Å². The van der Waals surface area contributed by atoms with E-state index >= 15 is 0 Å². The Hall–Kier alpha value is -1.76. The summed E-state index contributed by atoms with van der Waals surface area (Å²) < 4.78 is 25.5. The SMILES string of the molecule is CC(C)C[C@H](CO)Nc1nc(NS(C)(=O)=O)nc(S[C@@H](C)c2ncc(Cl)cn2)n1. The lowest BCUT2D eigenvalue weighted by Gasteiger charge is -2.19. The molecule has 0 unspecified atom stereocenters. The molecule has 0 aromatic carbocycles. The van der Waals surface area contributed by atoms with Crippen LogP contribution in [0, 0.1) is 5.92 Å². The van der Waals surface area contributed by atoms with Crippen molar-refractivity contribution in [2.24, 2.45) is 5.92 Å². The van der Waals surface area contributed by atoms with Crippen LogP contribution in [0.15, 0.2) is 17.6 Å². The lowest BCUT2D eigenvalue weighted by Crippen LogP contribution is -2.27. The Morgan fingerprint density at radius 3 is 2.31 bits per heavy atom. The third kappa shape index (κ3) is 8.25. The van der Waals surface area contributed by atoms with Gasteiger partial charge in [0, 0.05) is 12.4 Å². The molecular formula is C16H24ClN7O3S2. The molecule has 0 aliphatic carbocycles. The third-order valence-corrected chi connectivity index (χ3v) is 5.19. The van der Waals surface area contributed by atoms with Crippen molar-refractivity contribution in [1.29, 1.82) is 0 Å². The maximum Gasteiger partial charge on any atom is 0.242 e. The van der Waals surface area contributed by atoms with Gasteiger partial charge in [-0.05, 0) is 19.3 Å². The molecule has 0 fully saturated rings. The van der Waals surface area contributed by atoms with Gasteiger partial charge >= 0.3 is 0 Å². The first-order valence-electron chi connectivity index (χ1n) is 8.81. The Balaban J connectivity index is 2.29. The minimum absolute atomic E-state index is 0.113. The van der Waals surface area contributed by atoms with Crippen LogP contribution in [0.4, 0.5) is 11.9 Å². The molecule has 2 aromatic rings. The van der Waals surface area contributed by atoms with Crippen LogP contribution < -0.4 is 10.0 Å². The van der Waals surface area contributed by atoms with Gasteiger partial charge in [-0.1, -0.05) is 37.2 Å². The largest absolute Gasteiger partial charge is 0.394 e. The van der Waals surface area contributed by atoms with Crippen molar-refractivity contribution in [3.05, 3.63) is 23.2 Å². The van der Waals surface area contributed by atoms with Crippen LogP contribution >= 0.6 is 23.4 Å². The molecule has 0 aliphatic rings. The zero-order valence-corrected chi connectivity index (χ0v) is 18.9. The number of thioether (sulfide) groups is 1. The van der Waals surface area contributed by atoms with Crippen LogP contribution in [-0.2, 0) is 10.0 Å². The highest BCUT2D eigenvalue weighted by Crippen LogP contribution is 2.31. The van der Waals surface area contributed by atoms with E-state index in [1.54, 1.807) is 0 Å². The van der Waals surface area contributed by atoms with Crippen LogP contribution in [0.5, 0.6) is 0 Å². The summed E-state index contributed by atoms with van der Waals surface area (Å²) in [5.41, 5.74) is 0. The topological polar surface area (TPSA) is 143 Å². The number of anilines is 2. The maximum absolute atomic E-state index is 11.6. The van der Waals surface area contributed by atoms with Gasteiger partial charge in [-0.3, -0.25) is 4.72 Å². The fraction of sp³-hybridized carbons (Fsp3) is 0.562. The summed E-state index contributed by atoms with van der Waals surface area (Å²) in [6.45, 7) is 5.81. The van der Waals surface area contributed by atoms with E-state index in [1.807, 2.05) is 20.8 Å². The molecule has 0 aliphatic heterocycles. The first-order valence-corrected chi connectivity index (χ1v) is 12.0. The van der Waals surface area contributed by atoms with Gasteiger partial charge in [0.1, 0.15) is 5.82 Å². The molecule has 0 amide bonds. The molecule has 0 radical (unpaired) electrons. The lowest BCUT2D eigenvalue weighted by atomic mass is 10.0. The van der Waals surface area contributed by atoms with Crippen molar-refractivity contribution >= 4 is 45.3 Å².